The fourth-order valence-electron chi connectivity index (χ4n) is 2.76. The Bertz CT molecular complexity index is 1090. The Morgan fingerprint density at radius 3 is 2.59 bits per heavy atom. The zero-order valence-corrected chi connectivity index (χ0v) is 16.4. The zero-order chi connectivity index (χ0) is 20.2. The van der Waals surface area contributed by atoms with Crippen LogP contribution in [0.3, 0.4) is 0 Å². The van der Waals surface area contributed by atoms with E-state index < -0.39 is 11.9 Å². The summed E-state index contributed by atoms with van der Waals surface area (Å²) in [5, 5.41) is 12.9. The molecule has 3 aromatic heterocycles. The van der Waals surface area contributed by atoms with Crippen LogP contribution in [0.2, 0.25) is 0 Å². The lowest BCUT2D eigenvalue weighted by molar-refractivity contribution is -0.140. The molecule has 1 unspecified atom stereocenters. The summed E-state index contributed by atoms with van der Waals surface area (Å²) < 4.78 is 5.35. The van der Waals surface area contributed by atoms with E-state index in [-0.39, 0.29) is 0 Å². The van der Waals surface area contributed by atoms with Gasteiger partial charge in [-0.2, -0.15) is 0 Å². The number of rotatable bonds is 7. The molecule has 0 aliphatic heterocycles. The van der Waals surface area contributed by atoms with Gasteiger partial charge < -0.3 is 14.8 Å². The molecule has 0 spiro atoms. The average Bonchev–Trinajstić information content (AvgIpc) is 3.43. The van der Waals surface area contributed by atoms with Crippen molar-refractivity contribution in [2.75, 3.05) is 11.9 Å². The summed E-state index contributed by atoms with van der Waals surface area (Å²) in [4.78, 5) is 24.9. The third-order valence-corrected chi connectivity index (χ3v) is 5.47. The molecule has 1 aromatic carbocycles. The molecule has 29 heavy (non-hydrogen) atoms. The van der Waals surface area contributed by atoms with Crippen LogP contribution >= 0.6 is 11.3 Å². The first kappa shape index (κ1) is 18.8. The first-order valence-electron chi connectivity index (χ1n) is 8.99. The highest BCUT2D eigenvalue weighted by atomic mass is 32.1. The lowest BCUT2D eigenvalue weighted by Gasteiger charge is -2.06. The summed E-state index contributed by atoms with van der Waals surface area (Å²) >= 11 is 1.48. The Balaban J connectivity index is 1.68. The van der Waals surface area contributed by atoms with E-state index in [4.69, 9.17) is 14.5 Å². The van der Waals surface area contributed by atoms with Crippen LogP contribution in [0.1, 0.15) is 6.92 Å². The molecule has 0 aliphatic rings. The van der Waals surface area contributed by atoms with E-state index in [0.717, 1.165) is 27.3 Å². The largest absolute Gasteiger partial charge is 0.481 e. The number of aliphatic carboxylic acids is 1. The quantitative estimate of drug-likeness (QED) is 0.460. The Morgan fingerprint density at radius 2 is 1.93 bits per heavy atom. The van der Waals surface area contributed by atoms with Crippen LogP contribution in [0, 0.1) is 5.92 Å². The standard InChI is InChI=1S/C21H18N4O3S/c1-13(20(26)27)9-24-21-25-18(19(29-21)16-3-2-8-22-10-16)15-6-4-14(5-7-15)17-11-23-12-28-17/h2-8,10-13H,9H2,1H3,(H,24,25)(H,26,27). The molecular formula is C21H18N4O3S. The number of nitrogens with one attached hydrogen (secondary N) is 1. The van der Waals surface area contributed by atoms with Gasteiger partial charge in [0.25, 0.3) is 0 Å². The zero-order valence-electron chi connectivity index (χ0n) is 15.6. The Hall–Kier alpha value is -3.52. The molecule has 0 radical (unpaired) electrons. The third-order valence-electron chi connectivity index (χ3n) is 4.41. The maximum absolute atomic E-state index is 11.1. The maximum atomic E-state index is 11.1. The highest BCUT2D eigenvalue weighted by Gasteiger charge is 2.17. The average molecular weight is 406 g/mol. The van der Waals surface area contributed by atoms with Gasteiger partial charge in [0.1, 0.15) is 0 Å². The number of aromatic nitrogens is 3. The van der Waals surface area contributed by atoms with Gasteiger partial charge in [0.05, 0.1) is 22.7 Å². The van der Waals surface area contributed by atoms with Crippen LogP contribution in [0.4, 0.5) is 5.13 Å². The van der Waals surface area contributed by atoms with Gasteiger partial charge in [0.2, 0.25) is 0 Å². The van der Waals surface area contributed by atoms with Crippen molar-refractivity contribution >= 4 is 22.4 Å². The van der Waals surface area contributed by atoms with Crippen LogP contribution in [0.15, 0.2) is 65.8 Å². The molecule has 0 amide bonds. The molecule has 4 aromatic rings. The Kier molecular flexibility index (Phi) is 5.35. The molecule has 0 fully saturated rings. The summed E-state index contributed by atoms with van der Waals surface area (Å²) in [5.74, 6) is -0.650. The van der Waals surface area contributed by atoms with Crippen molar-refractivity contribution in [2.24, 2.45) is 5.92 Å². The van der Waals surface area contributed by atoms with Gasteiger partial charge >= 0.3 is 5.97 Å². The van der Waals surface area contributed by atoms with Gasteiger partial charge in [-0.3, -0.25) is 9.78 Å². The van der Waals surface area contributed by atoms with Crippen LogP contribution in [0.5, 0.6) is 0 Å². The molecule has 7 nitrogen and oxygen atoms in total. The molecule has 8 heteroatoms. The van der Waals surface area contributed by atoms with E-state index in [1.54, 1.807) is 25.5 Å². The minimum atomic E-state index is -0.843. The van der Waals surface area contributed by atoms with Gasteiger partial charge in [-0.1, -0.05) is 48.6 Å². The molecule has 0 bridgehead atoms. The number of hydrogen-bond acceptors (Lipinski definition) is 7. The highest BCUT2D eigenvalue weighted by molar-refractivity contribution is 7.19. The number of benzene rings is 1. The maximum Gasteiger partial charge on any atom is 0.308 e. The van der Waals surface area contributed by atoms with Crippen LogP contribution in [-0.2, 0) is 4.79 Å². The second kappa shape index (κ2) is 8.24. The van der Waals surface area contributed by atoms with E-state index in [9.17, 15) is 4.79 Å². The van der Waals surface area contributed by atoms with E-state index >= 15 is 0 Å². The number of carboxylic acids is 1. The number of anilines is 1. The SMILES string of the molecule is CC(CNc1nc(-c2ccc(-c3cnco3)cc2)c(-c2cccnc2)s1)C(=O)O. The molecule has 146 valence electrons. The van der Waals surface area contributed by atoms with Gasteiger partial charge in [0, 0.05) is 35.6 Å². The van der Waals surface area contributed by atoms with Crippen molar-refractivity contribution in [3.05, 3.63) is 61.4 Å². The molecular weight excluding hydrogens is 388 g/mol. The minimum absolute atomic E-state index is 0.305. The van der Waals surface area contributed by atoms with Crippen molar-refractivity contribution in [3.8, 4) is 33.0 Å². The first-order valence-corrected chi connectivity index (χ1v) is 9.80. The Morgan fingerprint density at radius 1 is 1.14 bits per heavy atom. The predicted octanol–water partition coefficient (Wildman–Crippen LogP) is 4.66. The predicted molar refractivity (Wildman–Crippen MR) is 112 cm³/mol. The smallest absolute Gasteiger partial charge is 0.308 e. The molecule has 0 saturated carbocycles. The van der Waals surface area contributed by atoms with Gasteiger partial charge in [-0.25, -0.2) is 9.97 Å². The fourth-order valence-corrected chi connectivity index (χ4v) is 3.75. The fraction of sp³-hybridized carbons (Fsp3) is 0.143. The summed E-state index contributed by atoms with van der Waals surface area (Å²) in [5.41, 5.74) is 3.65. The van der Waals surface area contributed by atoms with Crippen molar-refractivity contribution < 1.29 is 14.3 Å². The number of hydrogen-bond donors (Lipinski definition) is 2. The lowest BCUT2D eigenvalue weighted by Crippen LogP contribution is -2.19. The number of nitrogens with zero attached hydrogens (tertiary/aromatic N) is 3. The van der Waals surface area contributed by atoms with E-state index in [2.05, 4.69) is 15.3 Å². The van der Waals surface area contributed by atoms with Gasteiger partial charge in [-0.15, -0.1) is 0 Å². The monoisotopic (exact) mass is 406 g/mol. The summed E-state index contributed by atoms with van der Waals surface area (Å²) in [6, 6.07) is 11.7. The summed E-state index contributed by atoms with van der Waals surface area (Å²) in [6.07, 6.45) is 6.60. The van der Waals surface area contributed by atoms with Crippen molar-refractivity contribution in [3.63, 3.8) is 0 Å². The molecule has 0 aliphatic carbocycles. The number of carboxylic acid groups (broad SMARTS) is 1. The number of oxazole rings is 1. The molecule has 0 saturated heterocycles. The van der Waals surface area contributed by atoms with E-state index in [0.29, 0.717) is 17.4 Å². The molecule has 1 atom stereocenters. The highest BCUT2D eigenvalue weighted by Crippen LogP contribution is 2.39. The summed E-state index contributed by atoms with van der Waals surface area (Å²) in [7, 11) is 0. The van der Waals surface area contributed by atoms with Crippen molar-refractivity contribution in [1.29, 1.82) is 0 Å². The number of carbonyl (C=O) groups is 1. The van der Waals surface area contributed by atoms with Crippen molar-refractivity contribution in [1.82, 2.24) is 15.0 Å². The Labute approximate surface area is 171 Å². The van der Waals surface area contributed by atoms with Crippen LogP contribution in [-0.4, -0.2) is 32.6 Å². The van der Waals surface area contributed by atoms with E-state index in [1.807, 2.05) is 36.4 Å². The normalized spacial score (nSPS) is 11.9. The molecule has 3 heterocycles. The van der Waals surface area contributed by atoms with Crippen LogP contribution in [0.25, 0.3) is 33.0 Å². The van der Waals surface area contributed by atoms with Crippen LogP contribution < -0.4 is 5.32 Å². The molecule has 4 rings (SSSR count). The number of thiazole rings is 1. The topological polar surface area (TPSA) is 101 Å². The van der Waals surface area contributed by atoms with Gasteiger partial charge in [-0.05, 0) is 6.07 Å². The second-order valence-electron chi connectivity index (χ2n) is 6.50. The van der Waals surface area contributed by atoms with Gasteiger partial charge in [0.15, 0.2) is 17.3 Å². The molecule has 2 N–H and O–H groups in total. The minimum Gasteiger partial charge on any atom is -0.481 e. The van der Waals surface area contributed by atoms with Crippen molar-refractivity contribution in [2.45, 2.75) is 6.92 Å². The lowest BCUT2D eigenvalue weighted by atomic mass is 10.1. The van der Waals surface area contributed by atoms with E-state index in [1.165, 1.54) is 17.7 Å². The second-order valence-corrected chi connectivity index (χ2v) is 7.50. The summed E-state index contributed by atoms with van der Waals surface area (Å²) in [6.45, 7) is 1.97. The number of pyridine rings is 1. The first-order chi connectivity index (χ1) is 14.1. The third kappa shape index (κ3) is 4.17.